The van der Waals surface area contributed by atoms with E-state index in [-0.39, 0.29) is 56.4 Å². The Kier molecular flexibility index (Phi) is 10.8. The molecular formula is C28H54O11P2Si. The first kappa shape index (κ1) is 29.7. The Labute approximate surface area is 259 Å². The summed E-state index contributed by atoms with van der Waals surface area (Å²) in [5.41, 5.74) is 0. The fourth-order valence-corrected chi connectivity index (χ4v) is 9.88. The van der Waals surface area contributed by atoms with E-state index in [1.165, 1.54) is 0 Å². The van der Waals surface area contributed by atoms with Crippen LogP contribution in [-0.2, 0) is 50.6 Å². The molecule has 0 saturated carbocycles. The topological polar surface area (TPSA) is 117 Å². The molecule has 0 spiro atoms. The lowest BCUT2D eigenvalue weighted by Gasteiger charge is -2.39. The van der Waals surface area contributed by atoms with E-state index in [0.717, 1.165) is 0 Å². The summed E-state index contributed by atoms with van der Waals surface area (Å²) in [5.74, 6) is 0. The molecule has 11 atom stereocenters. The van der Waals surface area contributed by atoms with Gasteiger partial charge in [-0.25, -0.2) is 0 Å². The molecule has 0 aromatic carbocycles. The third-order valence-electron chi connectivity index (χ3n) is 8.45. The molecule has 0 radical (unpaired) electrons. The highest BCUT2D eigenvalue weighted by Gasteiger charge is 2.44. The Morgan fingerprint density at radius 1 is 0.929 bits per heavy atom. The molecule has 0 N–H and O–H groups in total. The molecule has 11 nitrogen and oxygen atoms in total. The van der Waals surface area contributed by atoms with Gasteiger partial charge in [0, 0.05) is 47.2 Å². The lowest BCUT2D eigenvalue weighted by molar-refractivity contribution is -0.00806. The van der Waals surface area contributed by atoms with Crippen molar-refractivity contribution >= 4 is 23.5 Å². The fourth-order valence-electron chi connectivity index (χ4n) is 4.79. The molecular weight excluding hydrogens is 602 g/mol. The maximum atomic E-state index is 14.3. The van der Waals surface area contributed by atoms with E-state index in [1.807, 2.05) is 0 Å². The van der Waals surface area contributed by atoms with Crippen molar-refractivity contribution in [2.45, 2.75) is 121 Å². The zero-order valence-corrected chi connectivity index (χ0v) is 28.6. The second-order valence-electron chi connectivity index (χ2n) is 12.9. The molecule has 4 aliphatic heterocycles. The van der Waals surface area contributed by atoms with Crippen molar-refractivity contribution in [3.8, 4) is 0 Å². The zero-order valence-electron chi connectivity index (χ0n) is 29.8. The molecule has 0 bridgehead atoms. The molecule has 4 fully saturated rings. The average molecular weight is 664 g/mol. The predicted molar refractivity (Wildman–Crippen MR) is 162 cm³/mol. The predicted octanol–water partition coefficient (Wildman–Crippen LogP) is 6.15. The van der Waals surface area contributed by atoms with Gasteiger partial charge in [0.05, 0.1) is 54.1 Å². The Morgan fingerprint density at radius 3 is 2.43 bits per heavy atom. The van der Waals surface area contributed by atoms with E-state index >= 15 is 0 Å². The quantitative estimate of drug-likeness (QED) is 0.231. The van der Waals surface area contributed by atoms with Gasteiger partial charge < -0.3 is 41.5 Å². The molecule has 0 amide bonds. The van der Waals surface area contributed by atoms with Gasteiger partial charge in [-0.15, -0.1) is 0 Å². The second kappa shape index (κ2) is 15.3. The molecule has 14 heteroatoms. The molecule has 0 unspecified atom stereocenters. The van der Waals surface area contributed by atoms with Crippen LogP contribution in [0.2, 0.25) is 18.1 Å². The van der Waals surface area contributed by atoms with Gasteiger partial charge in [-0.3, -0.25) is 9.13 Å². The van der Waals surface area contributed by atoms with Crippen LogP contribution in [-0.4, -0.2) is 103 Å². The number of hydrogen-bond donors (Lipinski definition) is 0. The maximum Gasteiger partial charge on any atom is 0.331 e. The highest BCUT2D eigenvalue weighted by Crippen LogP contribution is 2.54. The van der Waals surface area contributed by atoms with Crippen LogP contribution >= 0.6 is 15.2 Å². The fraction of sp³-hybridized carbons (Fsp3) is 1.00. The van der Waals surface area contributed by atoms with Crippen molar-refractivity contribution in [1.29, 1.82) is 0 Å². The van der Waals surface area contributed by atoms with Crippen LogP contribution < -0.4 is 0 Å². The van der Waals surface area contributed by atoms with Crippen LogP contribution in [0.25, 0.3) is 0 Å². The summed E-state index contributed by atoms with van der Waals surface area (Å²) in [5, 5.41) is -0.0416. The van der Waals surface area contributed by atoms with E-state index in [9.17, 15) is 9.13 Å². The summed E-state index contributed by atoms with van der Waals surface area (Å²) in [7, 11) is -9.72. The molecule has 0 aromatic rings. The van der Waals surface area contributed by atoms with Crippen molar-refractivity contribution in [2.24, 2.45) is 0 Å². The van der Waals surface area contributed by atoms with Crippen LogP contribution in [0.15, 0.2) is 0 Å². The van der Waals surface area contributed by atoms with Crippen molar-refractivity contribution in [2.75, 3.05) is 58.5 Å². The number of ether oxygens (including phenoxy) is 4. The van der Waals surface area contributed by atoms with Gasteiger partial charge in [0.1, 0.15) is 12.2 Å². The van der Waals surface area contributed by atoms with Gasteiger partial charge >= 0.3 is 15.2 Å². The van der Waals surface area contributed by atoms with Gasteiger partial charge in [-0.2, -0.15) is 0 Å². The van der Waals surface area contributed by atoms with E-state index in [1.54, 1.807) is 0 Å². The molecule has 0 aromatic heterocycles. The molecule has 4 rings (SSSR count). The Hall–Kier alpha value is 0.317. The van der Waals surface area contributed by atoms with Crippen LogP contribution in [0.5, 0.6) is 0 Å². The Morgan fingerprint density at radius 2 is 1.64 bits per heavy atom. The molecule has 246 valence electrons. The zero-order chi connectivity index (χ0) is 33.8. The average Bonchev–Trinajstić information content (AvgIpc) is 3.61. The van der Waals surface area contributed by atoms with Crippen molar-refractivity contribution in [1.82, 2.24) is 0 Å². The minimum Gasteiger partial charge on any atom is -0.411 e. The lowest BCUT2D eigenvalue weighted by Crippen LogP contribution is -2.46. The van der Waals surface area contributed by atoms with Gasteiger partial charge in [0.25, 0.3) is 0 Å². The number of fused-ring (bicyclic) bond motifs is 1. The van der Waals surface area contributed by atoms with Gasteiger partial charge in [-0.1, -0.05) is 20.8 Å². The third-order valence-corrected chi connectivity index (χ3v) is 17.0. The van der Waals surface area contributed by atoms with E-state index in [2.05, 4.69) is 33.9 Å². The van der Waals surface area contributed by atoms with Crippen LogP contribution in [0.1, 0.15) is 71.7 Å². The van der Waals surface area contributed by atoms with Gasteiger partial charge in [-0.05, 0) is 50.7 Å². The van der Waals surface area contributed by atoms with E-state index in [0.29, 0.717) is 38.9 Å². The van der Waals surface area contributed by atoms with Crippen LogP contribution in [0.4, 0.5) is 0 Å². The van der Waals surface area contributed by atoms with Crippen LogP contribution in [0, 0.1) is 0 Å². The first-order chi connectivity index (χ1) is 21.5. The minimum absolute atomic E-state index is 0.0416. The monoisotopic (exact) mass is 663 g/mol. The van der Waals surface area contributed by atoms with Crippen molar-refractivity contribution < 1.29 is 56.1 Å². The first-order valence-corrected chi connectivity index (χ1v) is 21.5. The minimum atomic E-state index is -3.77. The standard InChI is InChI=1S/C28H54O11P2Si/c1-22-23(10-15-32-22)37-41(30)19-9-14-31-13-7-8-18-40(29,38-24-11-16-33-26(24)20-35-41)36-21-27-25(12-17-34-27)39-42(5,6)28(2,3)4/h22-27H,7-21H2,1-6H3/t22-,23+,24+,25+,26-,27-,40-,41-/m1/s1/i1D,15T,16T,17T/t15-,16-,17-,22+,23-,24-,25-,26+,27+,40+,41+/m0. The van der Waals surface area contributed by atoms with Crippen molar-refractivity contribution in [3.05, 3.63) is 0 Å². The summed E-state index contributed by atoms with van der Waals surface area (Å²) in [6.07, 6.45) is -1.75. The van der Waals surface area contributed by atoms with Crippen LogP contribution in [0.3, 0.4) is 0 Å². The van der Waals surface area contributed by atoms with Crippen molar-refractivity contribution in [3.63, 3.8) is 0 Å². The highest BCUT2D eigenvalue weighted by molar-refractivity contribution is 7.54. The summed E-state index contributed by atoms with van der Waals surface area (Å²) < 4.78 is 114. The Bertz CT molecular complexity index is 1070. The summed E-state index contributed by atoms with van der Waals surface area (Å²) in [4.78, 5) is 0. The normalized spacial score (nSPS) is 46.5. The largest absolute Gasteiger partial charge is 0.411 e. The number of hydrogen-bond acceptors (Lipinski definition) is 11. The smallest absolute Gasteiger partial charge is 0.331 e. The number of rotatable bonds is 7. The van der Waals surface area contributed by atoms with E-state index in [4.69, 9.17) is 47.0 Å². The summed E-state index contributed by atoms with van der Waals surface area (Å²) >= 11 is 0. The highest BCUT2D eigenvalue weighted by atomic mass is 31.2. The second-order valence-corrected chi connectivity index (χ2v) is 21.9. The third kappa shape index (κ3) is 9.91. The van der Waals surface area contributed by atoms with Gasteiger partial charge in [0.15, 0.2) is 8.32 Å². The maximum absolute atomic E-state index is 14.3. The SMILES string of the molecule is [2H]C[C@H]1O[C@@H]([3H])C[C@@H]1O[P@@]1(=O)CCCOCCCC[P@@](=O)(OC[C@H]2O[C@@H]([3H])C[C@@H]2O[Si](C)(C)C(C)(C)C)O[C@H]2C[C@H]([3H])O[C@@H]2CO1. The molecule has 42 heavy (non-hydrogen) atoms. The van der Waals surface area contributed by atoms with Gasteiger partial charge in [0.2, 0.25) is 0 Å². The molecule has 4 heterocycles. The lowest BCUT2D eigenvalue weighted by atomic mass is 10.2. The Balaban J connectivity index is 1.46. The summed E-state index contributed by atoms with van der Waals surface area (Å²) in [6.45, 7) is 8.33. The first-order valence-electron chi connectivity index (χ1n) is 17.6. The molecule has 4 aliphatic rings. The van der Waals surface area contributed by atoms with E-state index < -0.39 is 73.8 Å². The molecule has 0 aliphatic carbocycles. The summed E-state index contributed by atoms with van der Waals surface area (Å²) in [6, 6.07) is 0. The molecule has 4 saturated heterocycles.